The number of aliphatic hydroxyl groups excluding tert-OH is 3. The van der Waals surface area contributed by atoms with Gasteiger partial charge in [-0.1, -0.05) is 158 Å². The molecule has 0 amide bonds. The van der Waals surface area contributed by atoms with Gasteiger partial charge in [-0.15, -0.1) is 0 Å². The van der Waals surface area contributed by atoms with Crippen LogP contribution in [0, 0.1) is 0 Å². The number of carbonyl (C=O) groups excluding carboxylic acids is 2. The maximum absolute atomic E-state index is 12.6. The summed E-state index contributed by atoms with van der Waals surface area (Å²) in [5.41, 5.74) is 5.32. The van der Waals surface area contributed by atoms with Crippen LogP contribution in [0.5, 0.6) is 0 Å². The van der Waals surface area contributed by atoms with Gasteiger partial charge in [0.25, 0.3) is 0 Å². The van der Waals surface area contributed by atoms with Crippen molar-refractivity contribution in [3.8, 4) is 0 Å². The molecular formula is C45H80NO11P. The Labute approximate surface area is 350 Å². The highest BCUT2D eigenvalue weighted by Crippen LogP contribution is 2.43. The summed E-state index contributed by atoms with van der Waals surface area (Å²) >= 11 is 0. The summed E-state index contributed by atoms with van der Waals surface area (Å²) in [4.78, 5) is 34.9. The molecule has 0 aromatic rings. The average molecular weight is 842 g/mol. The first-order chi connectivity index (χ1) is 28.0. The van der Waals surface area contributed by atoms with Gasteiger partial charge in [-0.3, -0.25) is 18.6 Å². The number of phosphoric acid groups is 1. The molecular weight excluding hydrogens is 761 g/mol. The molecule has 13 heteroatoms. The molecule has 0 aliphatic heterocycles. The molecule has 58 heavy (non-hydrogen) atoms. The minimum atomic E-state index is -4.48. The number of ether oxygens (including phenoxy) is 2. The maximum atomic E-state index is 12.6. The van der Waals surface area contributed by atoms with E-state index in [1.54, 1.807) is 42.5 Å². The van der Waals surface area contributed by atoms with Crippen LogP contribution in [0.25, 0.3) is 0 Å². The summed E-state index contributed by atoms with van der Waals surface area (Å²) in [7, 11) is -4.48. The highest BCUT2D eigenvalue weighted by molar-refractivity contribution is 7.47. The van der Waals surface area contributed by atoms with E-state index in [0.717, 1.165) is 51.4 Å². The molecule has 0 spiro atoms. The average Bonchev–Trinajstić information content (AvgIpc) is 3.20. The molecule has 0 rings (SSSR count). The summed E-state index contributed by atoms with van der Waals surface area (Å²) in [6.07, 6.45) is 36.2. The lowest BCUT2D eigenvalue weighted by atomic mass is 10.1. The minimum absolute atomic E-state index is 0.00502. The van der Waals surface area contributed by atoms with E-state index in [2.05, 4.69) is 26.0 Å². The summed E-state index contributed by atoms with van der Waals surface area (Å²) in [6.45, 7) is 3.21. The van der Waals surface area contributed by atoms with Crippen LogP contribution in [0.2, 0.25) is 0 Å². The van der Waals surface area contributed by atoms with Gasteiger partial charge in [0.15, 0.2) is 6.10 Å². The Morgan fingerprint density at radius 2 is 1.16 bits per heavy atom. The van der Waals surface area contributed by atoms with Crippen molar-refractivity contribution in [3.05, 3.63) is 60.8 Å². The molecule has 0 saturated heterocycles. The summed E-state index contributed by atoms with van der Waals surface area (Å²) < 4.78 is 32.5. The second-order valence-electron chi connectivity index (χ2n) is 14.8. The first kappa shape index (κ1) is 55.6. The highest BCUT2D eigenvalue weighted by atomic mass is 31.2. The number of phosphoric ester groups is 1. The number of carbonyl (C=O) groups is 2. The standard InChI is InChI=1S/C45H80NO11P/c1-3-5-7-8-9-10-11-12-13-14-15-16-17-18-19-24-28-34-44(50)54-38-41(39-56-58(52,53)55-37-36-46)57-45(51)35-29-33-43(49)42(48)32-27-23-21-20-22-26-31-40(47)30-25-6-4-2/h12-13,20-23,26-27,31-32,40-43,47-49H,3-11,14-19,24-25,28-30,33-39,46H2,1-2H3,(H,52,53)/b13-12-,22-20-,23-21+,31-26+,32-27+/t40-,41+,42-,43-/m0/s1. The largest absolute Gasteiger partial charge is 0.472 e. The van der Waals surface area contributed by atoms with Gasteiger partial charge in [0.2, 0.25) is 0 Å². The van der Waals surface area contributed by atoms with Gasteiger partial charge < -0.3 is 35.4 Å². The molecule has 12 nitrogen and oxygen atoms in total. The molecule has 0 aromatic heterocycles. The lowest BCUT2D eigenvalue weighted by molar-refractivity contribution is -0.161. The fraction of sp³-hybridized carbons (Fsp3) is 0.733. The molecule has 0 fully saturated rings. The highest BCUT2D eigenvalue weighted by Gasteiger charge is 2.26. The van der Waals surface area contributed by atoms with Gasteiger partial charge in [-0.05, 0) is 51.4 Å². The number of esters is 2. The summed E-state index contributed by atoms with van der Waals surface area (Å²) in [5.74, 6) is -1.17. The van der Waals surface area contributed by atoms with Gasteiger partial charge in [-0.25, -0.2) is 4.57 Å². The third-order valence-corrected chi connectivity index (χ3v) is 10.2. The zero-order valence-corrected chi connectivity index (χ0v) is 36.7. The number of aliphatic hydroxyl groups is 3. The molecule has 0 aliphatic carbocycles. The Bertz CT molecular complexity index is 1190. The van der Waals surface area contributed by atoms with Gasteiger partial charge >= 0.3 is 19.8 Å². The van der Waals surface area contributed by atoms with E-state index in [0.29, 0.717) is 6.42 Å². The quantitative estimate of drug-likeness (QED) is 0.0129. The van der Waals surface area contributed by atoms with Crippen molar-refractivity contribution < 1.29 is 52.9 Å². The SMILES string of the molecule is CCCCCCCC/C=C\CCCCCCCCCC(=O)OC[C@H](COP(=O)(O)OCCN)OC(=O)CCC[C@H](O)[C@@H](O)/C=C/C=C/C=C\C=C\[C@@H](O)CCCCC. The number of hydrogen-bond acceptors (Lipinski definition) is 11. The van der Waals surface area contributed by atoms with Crippen LogP contribution in [0.1, 0.15) is 162 Å². The minimum Gasteiger partial charge on any atom is -0.462 e. The number of rotatable bonds is 40. The molecule has 0 radical (unpaired) electrons. The molecule has 0 bridgehead atoms. The molecule has 1 unspecified atom stereocenters. The monoisotopic (exact) mass is 842 g/mol. The van der Waals surface area contributed by atoms with Gasteiger partial charge in [0.05, 0.1) is 31.5 Å². The van der Waals surface area contributed by atoms with Crippen molar-refractivity contribution in [1.82, 2.24) is 0 Å². The van der Waals surface area contributed by atoms with E-state index in [1.807, 2.05) is 0 Å². The first-order valence-electron chi connectivity index (χ1n) is 22.1. The third kappa shape index (κ3) is 37.8. The second kappa shape index (κ2) is 40.0. The summed E-state index contributed by atoms with van der Waals surface area (Å²) in [5, 5.41) is 30.5. The Morgan fingerprint density at radius 1 is 0.621 bits per heavy atom. The van der Waals surface area contributed by atoms with E-state index < -0.39 is 50.8 Å². The number of nitrogens with two attached hydrogens (primary N) is 1. The molecule has 5 atom stereocenters. The van der Waals surface area contributed by atoms with Crippen LogP contribution in [0.3, 0.4) is 0 Å². The fourth-order valence-corrected chi connectivity index (χ4v) is 6.54. The van der Waals surface area contributed by atoms with Gasteiger partial charge in [-0.2, -0.15) is 0 Å². The van der Waals surface area contributed by atoms with Crippen LogP contribution < -0.4 is 5.73 Å². The predicted molar refractivity (Wildman–Crippen MR) is 233 cm³/mol. The number of allylic oxidation sites excluding steroid dienone is 8. The molecule has 6 N–H and O–H groups in total. The van der Waals surface area contributed by atoms with E-state index in [-0.39, 0.29) is 45.4 Å². The third-order valence-electron chi connectivity index (χ3n) is 9.24. The van der Waals surface area contributed by atoms with E-state index in [1.165, 1.54) is 70.3 Å². The normalized spacial score (nSPS) is 15.5. The zero-order valence-electron chi connectivity index (χ0n) is 35.8. The van der Waals surface area contributed by atoms with E-state index in [4.69, 9.17) is 24.3 Å². The van der Waals surface area contributed by atoms with Gasteiger partial charge in [0.1, 0.15) is 6.61 Å². The lowest BCUT2D eigenvalue weighted by Gasteiger charge is -2.20. The predicted octanol–water partition coefficient (Wildman–Crippen LogP) is 9.41. The Morgan fingerprint density at radius 3 is 1.78 bits per heavy atom. The first-order valence-corrected chi connectivity index (χ1v) is 23.6. The van der Waals surface area contributed by atoms with Crippen molar-refractivity contribution in [3.63, 3.8) is 0 Å². The Kier molecular flexibility index (Phi) is 38.4. The Hall–Kier alpha value is -2.41. The van der Waals surface area contributed by atoms with Crippen molar-refractivity contribution in [2.75, 3.05) is 26.4 Å². The molecule has 336 valence electrons. The zero-order chi connectivity index (χ0) is 43.0. The van der Waals surface area contributed by atoms with Crippen molar-refractivity contribution in [1.29, 1.82) is 0 Å². The number of hydrogen-bond donors (Lipinski definition) is 5. The molecule has 0 aromatic carbocycles. The molecule has 0 heterocycles. The van der Waals surface area contributed by atoms with E-state index >= 15 is 0 Å². The molecule has 0 aliphatic rings. The van der Waals surface area contributed by atoms with Crippen LogP contribution in [-0.2, 0) is 32.7 Å². The smallest absolute Gasteiger partial charge is 0.462 e. The van der Waals surface area contributed by atoms with Crippen molar-refractivity contribution in [2.24, 2.45) is 5.73 Å². The summed E-state index contributed by atoms with van der Waals surface area (Å²) in [6, 6.07) is 0. The van der Waals surface area contributed by atoms with Crippen molar-refractivity contribution >= 4 is 19.8 Å². The van der Waals surface area contributed by atoms with Crippen LogP contribution in [-0.4, -0.2) is 82.9 Å². The van der Waals surface area contributed by atoms with Crippen molar-refractivity contribution in [2.45, 2.75) is 186 Å². The Balaban J connectivity index is 4.49. The fourth-order valence-electron chi connectivity index (χ4n) is 5.78. The second-order valence-corrected chi connectivity index (χ2v) is 16.2. The van der Waals surface area contributed by atoms with E-state index in [9.17, 15) is 34.4 Å². The topological polar surface area (TPSA) is 195 Å². The lowest BCUT2D eigenvalue weighted by Crippen LogP contribution is -2.30. The number of unbranched alkanes of at least 4 members (excludes halogenated alkanes) is 15. The van der Waals surface area contributed by atoms with Crippen LogP contribution >= 0.6 is 7.82 Å². The van der Waals surface area contributed by atoms with Gasteiger partial charge in [0, 0.05) is 19.4 Å². The van der Waals surface area contributed by atoms with Crippen LogP contribution in [0.15, 0.2) is 60.8 Å². The van der Waals surface area contributed by atoms with Crippen LogP contribution in [0.4, 0.5) is 0 Å². The molecule has 0 saturated carbocycles. The maximum Gasteiger partial charge on any atom is 0.472 e.